The summed E-state index contributed by atoms with van der Waals surface area (Å²) >= 11 is 0. The first-order valence-electron chi connectivity index (χ1n) is 7.71. The number of aromatic nitrogens is 2. The summed E-state index contributed by atoms with van der Waals surface area (Å²) in [4.78, 5) is 11.9. The van der Waals surface area contributed by atoms with Gasteiger partial charge in [-0.3, -0.25) is 9.48 Å². The minimum absolute atomic E-state index is 0.158. The summed E-state index contributed by atoms with van der Waals surface area (Å²) in [6.07, 6.45) is 1.11. The molecule has 1 aliphatic carbocycles. The van der Waals surface area contributed by atoms with Gasteiger partial charge in [0.15, 0.2) is 0 Å². The van der Waals surface area contributed by atoms with E-state index in [0.717, 1.165) is 17.7 Å². The summed E-state index contributed by atoms with van der Waals surface area (Å²) in [7, 11) is 1.87. The van der Waals surface area contributed by atoms with Gasteiger partial charge in [-0.2, -0.15) is 5.10 Å². The number of primary amides is 1. The van der Waals surface area contributed by atoms with E-state index in [1.807, 2.05) is 14.0 Å². The molecular weight excluding hydrogens is 274 g/mol. The fourth-order valence-corrected chi connectivity index (χ4v) is 4.13. The highest BCUT2D eigenvalue weighted by molar-refractivity contribution is 6.00. The minimum Gasteiger partial charge on any atom is -0.365 e. The number of hydrogen-bond donors (Lipinski definition) is 1. The third-order valence-corrected chi connectivity index (χ3v) is 4.87. The van der Waals surface area contributed by atoms with Crippen molar-refractivity contribution in [3.05, 3.63) is 40.6 Å². The van der Waals surface area contributed by atoms with Gasteiger partial charge >= 0.3 is 0 Å². The molecule has 22 heavy (non-hydrogen) atoms. The maximum atomic E-state index is 11.9. The third-order valence-electron chi connectivity index (χ3n) is 4.87. The van der Waals surface area contributed by atoms with Crippen LogP contribution in [0, 0.1) is 6.92 Å². The van der Waals surface area contributed by atoms with Gasteiger partial charge in [-0.15, -0.1) is 0 Å². The molecular formula is C18H23N3O. The second-order valence-electron chi connectivity index (χ2n) is 7.05. The zero-order valence-corrected chi connectivity index (χ0v) is 13.9. The predicted molar refractivity (Wildman–Crippen MR) is 88.0 cm³/mol. The van der Waals surface area contributed by atoms with E-state index in [-0.39, 0.29) is 5.41 Å². The molecule has 4 nitrogen and oxygen atoms in total. The first-order chi connectivity index (χ1) is 10.2. The molecule has 0 aliphatic heterocycles. The zero-order valence-electron chi connectivity index (χ0n) is 13.9. The van der Waals surface area contributed by atoms with Gasteiger partial charge in [0, 0.05) is 12.6 Å². The lowest BCUT2D eigenvalue weighted by Gasteiger charge is -2.19. The van der Waals surface area contributed by atoms with Crippen molar-refractivity contribution in [3.8, 4) is 11.3 Å². The van der Waals surface area contributed by atoms with Crippen LogP contribution in [0.4, 0.5) is 0 Å². The van der Waals surface area contributed by atoms with Crippen LogP contribution in [0.2, 0.25) is 0 Å². The van der Waals surface area contributed by atoms with Crippen LogP contribution in [0.5, 0.6) is 0 Å². The largest absolute Gasteiger partial charge is 0.365 e. The predicted octanol–water partition coefficient (Wildman–Crippen LogP) is 3.28. The molecule has 0 saturated carbocycles. The Kier molecular flexibility index (Phi) is 3.17. The quantitative estimate of drug-likeness (QED) is 0.924. The lowest BCUT2D eigenvalue weighted by molar-refractivity contribution is 0.100. The number of hydrogen-bond acceptors (Lipinski definition) is 2. The van der Waals surface area contributed by atoms with Gasteiger partial charge in [0.25, 0.3) is 5.91 Å². The molecule has 116 valence electrons. The van der Waals surface area contributed by atoms with Crippen molar-refractivity contribution in [1.82, 2.24) is 9.78 Å². The Bertz CT molecular complexity index is 771. The Balaban J connectivity index is 2.34. The Hall–Kier alpha value is -2.10. The van der Waals surface area contributed by atoms with Crippen molar-refractivity contribution in [2.45, 2.75) is 45.4 Å². The molecule has 1 amide bonds. The highest BCUT2D eigenvalue weighted by Crippen LogP contribution is 2.49. The number of amides is 1. The Morgan fingerprint density at radius 1 is 1.41 bits per heavy atom. The lowest BCUT2D eigenvalue weighted by atomic mass is 9.85. The summed E-state index contributed by atoms with van der Waals surface area (Å²) in [6, 6.07) is 6.36. The topological polar surface area (TPSA) is 60.9 Å². The van der Waals surface area contributed by atoms with Crippen LogP contribution >= 0.6 is 0 Å². The van der Waals surface area contributed by atoms with Crippen molar-refractivity contribution in [3.63, 3.8) is 0 Å². The van der Waals surface area contributed by atoms with Crippen molar-refractivity contribution in [1.29, 1.82) is 0 Å². The number of nitrogens with two attached hydrogens (primary N) is 1. The van der Waals surface area contributed by atoms with Gasteiger partial charge in [0.1, 0.15) is 0 Å². The van der Waals surface area contributed by atoms with Gasteiger partial charge in [-0.25, -0.2) is 0 Å². The van der Waals surface area contributed by atoms with E-state index in [1.165, 1.54) is 11.1 Å². The summed E-state index contributed by atoms with van der Waals surface area (Å²) in [5.74, 6) is 0.0419. The van der Waals surface area contributed by atoms with Gasteiger partial charge in [0.05, 0.1) is 17.0 Å². The second kappa shape index (κ2) is 4.70. The standard InChI is InChI=1S/C18H23N3O/c1-10-9-18(3,4)13-8-6-7-12(14(10)13)16-15(17(19)22)11(2)20-21(16)5/h6-8,10H,9H2,1-5H3,(H2,19,22)/t10-/m0/s1. The van der Waals surface area contributed by atoms with E-state index in [4.69, 9.17) is 5.73 Å². The third kappa shape index (κ3) is 1.97. The Morgan fingerprint density at radius 2 is 2.09 bits per heavy atom. The number of benzene rings is 1. The fraction of sp³-hybridized carbons (Fsp3) is 0.444. The molecule has 0 fully saturated rings. The van der Waals surface area contributed by atoms with E-state index in [2.05, 4.69) is 44.1 Å². The number of rotatable bonds is 2. The average Bonchev–Trinajstić information content (AvgIpc) is 2.83. The monoisotopic (exact) mass is 297 g/mol. The molecule has 1 heterocycles. The van der Waals surface area contributed by atoms with Gasteiger partial charge < -0.3 is 5.73 Å². The average molecular weight is 297 g/mol. The number of nitrogens with zero attached hydrogens (tertiary/aromatic N) is 2. The first-order valence-corrected chi connectivity index (χ1v) is 7.71. The van der Waals surface area contributed by atoms with Gasteiger partial charge in [0.2, 0.25) is 0 Å². The van der Waals surface area contributed by atoms with Crippen LogP contribution in [0.1, 0.15) is 60.3 Å². The number of carbonyl (C=O) groups excluding carboxylic acids is 1. The summed E-state index contributed by atoms with van der Waals surface area (Å²) < 4.78 is 1.78. The van der Waals surface area contributed by atoms with Crippen LogP contribution in [0.15, 0.2) is 18.2 Å². The van der Waals surface area contributed by atoms with Crippen LogP contribution < -0.4 is 5.73 Å². The van der Waals surface area contributed by atoms with E-state index in [1.54, 1.807) is 4.68 Å². The second-order valence-corrected chi connectivity index (χ2v) is 7.05. The maximum absolute atomic E-state index is 11.9. The van der Waals surface area contributed by atoms with Crippen LogP contribution in [0.25, 0.3) is 11.3 Å². The molecule has 0 unspecified atom stereocenters. The molecule has 1 aromatic heterocycles. The van der Waals surface area contributed by atoms with E-state index < -0.39 is 5.91 Å². The minimum atomic E-state index is -0.414. The SMILES string of the molecule is Cc1nn(C)c(-c2cccc3c2[C@@H](C)CC3(C)C)c1C(N)=O. The van der Waals surface area contributed by atoms with Crippen LogP contribution in [-0.4, -0.2) is 15.7 Å². The lowest BCUT2D eigenvalue weighted by Crippen LogP contribution is -2.14. The molecule has 3 rings (SSSR count). The van der Waals surface area contributed by atoms with Gasteiger partial charge in [-0.1, -0.05) is 39.0 Å². The normalized spacial score (nSPS) is 19.2. The van der Waals surface area contributed by atoms with Crippen molar-refractivity contribution in [2.75, 3.05) is 0 Å². The van der Waals surface area contributed by atoms with Crippen LogP contribution in [-0.2, 0) is 12.5 Å². The van der Waals surface area contributed by atoms with Crippen molar-refractivity contribution in [2.24, 2.45) is 12.8 Å². The zero-order chi connectivity index (χ0) is 16.2. The molecule has 0 saturated heterocycles. The highest BCUT2D eigenvalue weighted by Gasteiger charge is 2.37. The number of carbonyl (C=O) groups is 1. The van der Waals surface area contributed by atoms with Crippen molar-refractivity contribution < 1.29 is 4.79 Å². The molecule has 0 spiro atoms. The molecule has 1 aromatic carbocycles. The molecule has 2 aromatic rings. The van der Waals surface area contributed by atoms with E-state index in [0.29, 0.717) is 17.2 Å². The molecule has 0 bridgehead atoms. The summed E-state index contributed by atoms with van der Waals surface area (Å²) in [5.41, 5.74) is 11.6. The number of fused-ring (bicyclic) bond motifs is 1. The molecule has 1 aliphatic rings. The van der Waals surface area contributed by atoms with Crippen LogP contribution in [0.3, 0.4) is 0 Å². The fourth-order valence-electron chi connectivity index (χ4n) is 4.13. The molecule has 2 N–H and O–H groups in total. The molecule has 4 heteroatoms. The molecule has 0 radical (unpaired) electrons. The van der Waals surface area contributed by atoms with E-state index in [9.17, 15) is 4.79 Å². The Labute approximate surface area is 131 Å². The smallest absolute Gasteiger partial charge is 0.252 e. The Morgan fingerprint density at radius 3 is 2.73 bits per heavy atom. The van der Waals surface area contributed by atoms with Crippen molar-refractivity contribution >= 4 is 5.91 Å². The van der Waals surface area contributed by atoms with E-state index >= 15 is 0 Å². The highest BCUT2D eigenvalue weighted by atomic mass is 16.1. The van der Waals surface area contributed by atoms with Gasteiger partial charge in [-0.05, 0) is 35.8 Å². The molecule has 1 atom stereocenters. The summed E-state index contributed by atoms with van der Waals surface area (Å²) in [5, 5.41) is 4.41. The number of aryl methyl sites for hydroxylation is 2. The first kappa shape index (κ1) is 14.8. The summed E-state index contributed by atoms with van der Waals surface area (Å²) in [6.45, 7) is 8.65. The maximum Gasteiger partial charge on any atom is 0.252 e.